The molecule has 1 unspecified atom stereocenters. The van der Waals surface area contributed by atoms with Gasteiger partial charge in [-0.1, -0.05) is 27.7 Å². The maximum atomic E-state index is 12.2. The molecular weight excluding hydrogens is 258 g/mol. The van der Waals surface area contributed by atoms with Crippen molar-refractivity contribution in [3.05, 3.63) is 24.0 Å². The number of carbonyl (C=O) groups excluding carboxylic acids is 1. The zero-order valence-electron chi connectivity index (χ0n) is 11.7. The lowest BCUT2D eigenvalue weighted by Gasteiger charge is -2.25. The van der Waals surface area contributed by atoms with E-state index in [0.29, 0.717) is 5.69 Å². The number of pyridine rings is 1. The summed E-state index contributed by atoms with van der Waals surface area (Å²) in [5.41, 5.74) is 0.0795. The maximum absolute atomic E-state index is 12.2. The van der Waals surface area contributed by atoms with Crippen molar-refractivity contribution in [3.8, 4) is 6.07 Å². The third kappa shape index (κ3) is 4.25. The van der Waals surface area contributed by atoms with Crippen LogP contribution >= 0.6 is 11.8 Å². The van der Waals surface area contributed by atoms with Gasteiger partial charge in [0.15, 0.2) is 0 Å². The number of hydrogen-bond donors (Lipinski definition) is 1. The Morgan fingerprint density at radius 3 is 2.79 bits per heavy atom. The highest BCUT2D eigenvalue weighted by atomic mass is 32.2. The predicted molar refractivity (Wildman–Crippen MR) is 77.0 cm³/mol. The summed E-state index contributed by atoms with van der Waals surface area (Å²) < 4.78 is 0. The lowest BCUT2D eigenvalue weighted by Crippen LogP contribution is -2.43. The SMILES string of the molecule is CCSc1cccnc1C(=O)NC(C#N)C(C)(C)C. The number of nitrogens with one attached hydrogen (secondary N) is 1. The van der Waals surface area contributed by atoms with Gasteiger partial charge >= 0.3 is 0 Å². The van der Waals surface area contributed by atoms with E-state index in [0.717, 1.165) is 10.6 Å². The summed E-state index contributed by atoms with van der Waals surface area (Å²) in [6, 6.07) is 5.26. The number of nitriles is 1. The van der Waals surface area contributed by atoms with E-state index in [1.807, 2.05) is 33.8 Å². The molecule has 0 saturated heterocycles. The summed E-state index contributed by atoms with van der Waals surface area (Å²) in [5, 5.41) is 11.9. The molecule has 1 aromatic heterocycles. The minimum Gasteiger partial charge on any atom is -0.334 e. The second-order valence-electron chi connectivity index (χ2n) is 5.18. The van der Waals surface area contributed by atoms with Gasteiger partial charge in [0.25, 0.3) is 5.91 Å². The molecule has 1 N–H and O–H groups in total. The van der Waals surface area contributed by atoms with Crippen molar-refractivity contribution in [2.75, 3.05) is 5.75 Å². The van der Waals surface area contributed by atoms with Crippen LogP contribution in [-0.4, -0.2) is 22.7 Å². The average Bonchev–Trinajstić information content (AvgIpc) is 2.35. The van der Waals surface area contributed by atoms with Crippen molar-refractivity contribution < 1.29 is 4.79 Å². The molecule has 0 spiro atoms. The first-order valence-electron chi connectivity index (χ1n) is 6.18. The predicted octanol–water partition coefficient (Wildman–Crippen LogP) is 2.86. The summed E-state index contributed by atoms with van der Waals surface area (Å²) in [6.07, 6.45) is 1.59. The van der Waals surface area contributed by atoms with Crippen LogP contribution in [0.2, 0.25) is 0 Å². The van der Waals surface area contributed by atoms with Crippen molar-refractivity contribution in [3.63, 3.8) is 0 Å². The van der Waals surface area contributed by atoms with Gasteiger partial charge in [-0.15, -0.1) is 11.8 Å². The quantitative estimate of drug-likeness (QED) is 0.859. The van der Waals surface area contributed by atoms with Crippen molar-refractivity contribution in [2.24, 2.45) is 5.41 Å². The second kappa shape index (κ2) is 6.58. The van der Waals surface area contributed by atoms with Crippen molar-refractivity contribution >= 4 is 17.7 Å². The highest BCUT2D eigenvalue weighted by Gasteiger charge is 2.27. The fourth-order valence-electron chi connectivity index (χ4n) is 1.47. The normalized spacial score (nSPS) is 12.6. The Bertz CT molecular complexity index is 488. The number of rotatable bonds is 4. The first-order valence-corrected chi connectivity index (χ1v) is 7.17. The molecule has 0 radical (unpaired) electrons. The molecule has 0 aliphatic heterocycles. The molecular formula is C14H19N3OS. The molecule has 0 bridgehead atoms. The van der Waals surface area contributed by atoms with Crippen LogP contribution in [0, 0.1) is 16.7 Å². The Morgan fingerprint density at radius 1 is 1.58 bits per heavy atom. The number of aromatic nitrogens is 1. The van der Waals surface area contributed by atoms with E-state index < -0.39 is 6.04 Å². The number of carbonyl (C=O) groups is 1. The molecule has 102 valence electrons. The van der Waals surface area contributed by atoms with E-state index in [1.165, 1.54) is 0 Å². The molecule has 0 aliphatic rings. The van der Waals surface area contributed by atoms with E-state index in [4.69, 9.17) is 5.26 Å². The summed E-state index contributed by atoms with van der Waals surface area (Å²) in [6.45, 7) is 7.77. The zero-order chi connectivity index (χ0) is 14.5. The van der Waals surface area contributed by atoms with Crippen LogP contribution in [-0.2, 0) is 0 Å². The number of thioether (sulfide) groups is 1. The Balaban J connectivity index is 2.93. The molecule has 4 nitrogen and oxygen atoms in total. The standard InChI is InChI=1S/C14H19N3OS/c1-5-19-10-7-6-8-16-12(10)13(18)17-11(9-15)14(2,3)4/h6-8,11H,5H2,1-4H3,(H,17,18). The van der Waals surface area contributed by atoms with Gasteiger partial charge in [0.2, 0.25) is 0 Å². The molecule has 1 rings (SSSR count). The minimum absolute atomic E-state index is 0.293. The summed E-state index contributed by atoms with van der Waals surface area (Å²) in [5.74, 6) is 0.574. The van der Waals surface area contributed by atoms with Crippen LogP contribution in [0.4, 0.5) is 0 Å². The lowest BCUT2D eigenvalue weighted by atomic mass is 9.87. The fraction of sp³-hybridized carbons (Fsp3) is 0.500. The molecule has 0 aliphatic carbocycles. The molecule has 0 fully saturated rings. The van der Waals surface area contributed by atoms with Crippen LogP contribution in [0.15, 0.2) is 23.2 Å². The van der Waals surface area contributed by atoms with E-state index in [1.54, 1.807) is 24.0 Å². The van der Waals surface area contributed by atoms with E-state index in [2.05, 4.69) is 16.4 Å². The fourth-order valence-corrected chi connectivity index (χ4v) is 2.24. The van der Waals surface area contributed by atoms with Crippen molar-refractivity contribution in [2.45, 2.75) is 38.6 Å². The van der Waals surface area contributed by atoms with E-state index in [-0.39, 0.29) is 11.3 Å². The first kappa shape index (κ1) is 15.5. The summed E-state index contributed by atoms with van der Waals surface area (Å²) in [7, 11) is 0. The Morgan fingerprint density at radius 2 is 2.26 bits per heavy atom. The lowest BCUT2D eigenvalue weighted by molar-refractivity contribution is 0.0913. The van der Waals surface area contributed by atoms with Crippen LogP contribution in [0.25, 0.3) is 0 Å². The van der Waals surface area contributed by atoms with Gasteiger partial charge in [0, 0.05) is 11.1 Å². The molecule has 1 atom stereocenters. The zero-order valence-corrected chi connectivity index (χ0v) is 12.5. The molecule has 0 saturated carbocycles. The van der Waals surface area contributed by atoms with Crippen LogP contribution in [0.1, 0.15) is 38.2 Å². The molecule has 0 aromatic carbocycles. The maximum Gasteiger partial charge on any atom is 0.272 e. The second-order valence-corrected chi connectivity index (χ2v) is 6.49. The Kier molecular flexibility index (Phi) is 5.37. The summed E-state index contributed by atoms with van der Waals surface area (Å²) in [4.78, 5) is 17.2. The van der Waals surface area contributed by atoms with Crippen LogP contribution < -0.4 is 5.32 Å². The van der Waals surface area contributed by atoms with E-state index >= 15 is 0 Å². The number of amides is 1. The van der Waals surface area contributed by atoms with Gasteiger partial charge in [0.05, 0.1) is 6.07 Å². The number of hydrogen-bond acceptors (Lipinski definition) is 4. The Labute approximate surface area is 118 Å². The largest absolute Gasteiger partial charge is 0.334 e. The molecule has 1 amide bonds. The average molecular weight is 277 g/mol. The molecule has 1 aromatic rings. The topological polar surface area (TPSA) is 65.8 Å². The number of nitrogens with zero attached hydrogens (tertiary/aromatic N) is 2. The highest BCUT2D eigenvalue weighted by molar-refractivity contribution is 7.99. The minimum atomic E-state index is -0.540. The molecule has 5 heteroatoms. The van der Waals surface area contributed by atoms with E-state index in [9.17, 15) is 4.79 Å². The smallest absolute Gasteiger partial charge is 0.272 e. The molecule has 19 heavy (non-hydrogen) atoms. The van der Waals surface area contributed by atoms with Crippen LogP contribution in [0.3, 0.4) is 0 Å². The van der Waals surface area contributed by atoms with Gasteiger partial charge in [-0.05, 0) is 23.3 Å². The third-order valence-corrected chi connectivity index (χ3v) is 3.49. The van der Waals surface area contributed by atoms with Crippen LogP contribution in [0.5, 0.6) is 0 Å². The van der Waals surface area contributed by atoms with Gasteiger partial charge in [-0.3, -0.25) is 4.79 Å². The Hall–Kier alpha value is -1.54. The van der Waals surface area contributed by atoms with Crippen molar-refractivity contribution in [1.29, 1.82) is 5.26 Å². The van der Waals surface area contributed by atoms with Gasteiger partial charge in [0.1, 0.15) is 11.7 Å². The molecule has 1 heterocycles. The first-order chi connectivity index (χ1) is 8.90. The third-order valence-electron chi connectivity index (χ3n) is 2.56. The van der Waals surface area contributed by atoms with Gasteiger partial charge in [-0.25, -0.2) is 4.98 Å². The van der Waals surface area contributed by atoms with Crippen molar-refractivity contribution in [1.82, 2.24) is 10.3 Å². The monoisotopic (exact) mass is 277 g/mol. The van der Waals surface area contributed by atoms with Gasteiger partial charge in [-0.2, -0.15) is 5.26 Å². The summed E-state index contributed by atoms with van der Waals surface area (Å²) >= 11 is 1.57. The highest BCUT2D eigenvalue weighted by Crippen LogP contribution is 2.22. The van der Waals surface area contributed by atoms with Gasteiger partial charge < -0.3 is 5.32 Å².